The van der Waals surface area contributed by atoms with E-state index in [9.17, 15) is 18.3 Å². The Bertz CT molecular complexity index is 414. The monoisotopic (exact) mass is 289 g/mol. The Hall–Kier alpha value is -0.620. The van der Waals surface area contributed by atoms with Crippen molar-refractivity contribution in [2.24, 2.45) is 5.92 Å². The fourth-order valence-corrected chi connectivity index (χ4v) is 5.34. The van der Waals surface area contributed by atoms with Crippen molar-refractivity contribution in [3.8, 4) is 0 Å². The van der Waals surface area contributed by atoms with Gasteiger partial charge in [-0.05, 0) is 38.0 Å². The predicted octanol–water partition coefficient (Wildman–Crippen LogP) is 1.84. The van der Waals surface area contributed by atoms with Crippen LogP contribution >= 0.6 is 0 Å². The van der Waals surface area contributed by atoms with E-state index in [2.05, 4.69) is 0 Å². The fourth-order valence-electron chi connectivity index (χ4n) is 3.23. The number of sulfonamides is 1. The van der Waals surface area contributed by atoms with Gasteiger partial charge in [0.1, 0.15) is 6.04 Å². The number of nitrogens with zero attached hydrogens (tertiary/aromatic N) is 1. The van der Waals surface area contributed by atoms with E-state index in [4.69, 9.17) is 0 Å². The minimum Gasteiger partial charge on any atom is -0.480 e. The van der Waals surface area contributed by atoms with E-state index in [1.165, 1.54) is 10.7 Å². The normalized spacial score (nSPS) is 27.3. The van der Waals surface area contributed by atoms with Gasteiger partial charge in [0.05, 0.1) is 5.75 Å². The van der Waals surface area contributed by atoms with Crippen molar-refractivity contribution < 1.29 is 18.3 Å². The lowest BCUT2D eigenvalue weighted by Crippen LogP contribution is -2.49. The summed E-state index contributed by atoms with van der Waals surface area (Å²) in [4.78, 5) is 11.2. The first-order chi connectivity index (χ1) is 9.00. The van der Waals surface area contributed by atoms with Crippen LogP contribution in [-0.2, 0) is 14.8 Å². The van der Waals surface area contributed by atoms with E-state index in [0.717, 1.165) is 38.5 Å². The third-order valence-electron chi connectivity index (χ3n) is 4.27. The van der Waals surface area contributed by atoms with Crippen molar-refractivity contribution in [3.63, 3.8) is 0 Å². The van der Waals surface area contributed by atoms with Crippen molar-refractivity contribution in [1.29, 1.82) is 0 Å². The van der Waals surface area contributed by atoms with Gasteiger partial charge < -0.3 is 5.11 Å². The molecule has 0 unspecified atom stereocenters. The molecule has 5 nitrogen and oxygen atoms in total. The molecular weight excluding hydrogens is 266 g/mol. The lowest BCUT2D eigenvalue weighted by Gasteiger charge is -2.33. The van der Waals surface area contributed by atoms with Crippen LogP contribution in [0.25, 0.3) is 0 Å². The largest absolute Gasteiger partial charge is 0.480 e. The summed E-state index contributed by atoms with van der Waals surface area (Å²) in [5.41, 5.74) is 0. The van der Waals surface area contributed by atoms with Gasteiger partial charge in [-0.1, -0.05) is 19.3 Å². The molecule has 19 heavy (non-hydrogen) atoms. The molecule has 0 amide bonds. The van der Waals surface area contributed by atoms with E-state index in [0.29, 0.717) is 13.0 Å². The van der Waals surface area contributed by atoms with E-state index in [-0.39, 0.29) is 11.7 Å². The van der Waals surface area contributed by atoms with E-state index in [1.54, 1.807) is 0 Å². The van der Waals surface area contributed by atoms with Gasteiger partial charge in [-0.25, -0.2) is 8.42 Å². The van der Waals surface area contributed by atoms with E-state index in [1.807, 2.05) is 0 Å². The Morgan fingerprint density at radius 3 is 2.32 bits per heavy atom. The van der Waals surface area contributed by atoms with Gasteiger partial charge in [0.15, 0.2) is 0 Å². The second kappa shape index (κ2) is 6.22. The maximum Gasteiger partial charge on any atom is 0.322 e. The summed E-state index contributed by atoms with van der Waals surface area (Å²) in [5, 5.41) is 9.17. The predicted molar refractivity (Wildman–Crippen MR) is 72.3 cm³/mol. The molecule has 1 atom stereocenters. The molecule has 0 bridgehead atoms. The molecule has 1 saturated heterocycles. The second-order valence-electron chi connectivity index (χ2n) is 5.74. The zero-order valence-corrected chi connectivity index (χ0v) is 12.1. The van der Waals surface area contributed by atoms with Gasteiger partial charge in [-0.2, -0.15) is 4.31 Å². The third-order valence-corrected chi connectivity index (χ3v) is 6.31. The Labute approximate surface area is 115 Å². The first-order valence-corrected chi connectivity index (χ1v) is 8.84. The van der Waals surface area contributed by atoms with Gasteiger partial charge in [-0.15, -0.1) is 0 Å². The summed E-state index contributed by atoms with van der Waals surface area (Å²) >= 11 is 0. The maximum atomic E-state index is 12.4. The molecule has 2 fully saturated rings. The number of hydrogen-bond donors (Lipinski definition) is 1. The number of carboxylic acids is 1. The molecule has 2 aliphatic rings. The first kappa shape index (κ1) is 14.8. The van der Waals surface area contributed by atoms with Gasteiger partial charge in [0.2, 0.25) is 10.0 Å². The average Bonchev–Trinajstić information content (AvgIpc) is 2.39. The summed E-state index contributed by atoms with van der Waals surface area (Å²) in [6.45, 7) is 0.367. The number of aliphatic carboxylic acids is 1. The first-order valence-electron chi connectivity index (χ1n) is 7.23. The van der Waals surface area contributed by atoms with Crippen LogP contribution < -0.4 is 0 Å². The van der Waals surface area contributed by atoms with Crippen LogP contribution in [-0.4, -0.2) is 42.1 Å². The number of rotatable bonds is 4. The maximum absolute atomic E-state index is 12.4. The highest BCUT2D eigenvalue weighted by Gasteiger charge is 2.37. The highest BCUT2D eigenvalue weighted by Crippen LogP contribution is 2.28. The van der Waals surface area contributed by atoms with Crippen molar-refractivity contribution in [2.45, 2.75) is 57.4 Å². The van der Waals surface area contributed by atoms with Crippen LogP contribution in [0.5, 0.6) is 0 Å². The molecule has 0 aromatic carbocycles. The van der Waals surface area contributed by atoms with Crippen LogP contribution in [0.15, 0.2) is 0 Å². The van der Waals surface area contributed by atoms with Crippen LogP contribution in [0.2, 0.25) is 0 Å². The highest BCUT2D eigenvalue weighted by molar-refractivity contribution is 7.89. The van der Waals surface area contributed by atoms with Crippen molar-refractivity contribution in [2.75, 3.05) is 12.3 Å². The molecule has 1 heterocycles. The number of carboxylic acid groups (broad SMARTS) is 1. The molecule has 0 spiro atoms. The standard InChI is InChI=1S/C13H23NO4S/c15-13(16)12-8-4-5-9-14(12)19(17,18)10-11-6-2-1-3-7-11/h11-12H,1-10H2,(H,15,16)/t12-/m0/s1. The SMILES string of the molecule is O=C(O)[C@@H]1CCCCN1S(=O)(=O)CC1CCCCC1. The molecule has 110 valence electrons. The number of piperidine rings is 1. The highest BCUT2D eigenvalue weighted by atomic mass is 32.2. The zero-order chi connectivity index (χ0) is 13.9. The Balaban J connectivity index is 2.05. The van der Waals surface area contributed by atoms with Crippen LogP contribution in [0, 0.1) is 5.92 Å². The molecule has 2 rings (SSSR count). The number of carbonyl (C=O) groups is 1. The smallest absolute Gasteiger partial charge is 0.322 e. The van der Waals surface area contributed by atoms with Crippen molar-refractivity contribution in [3.05, 3.63) is 0 Å². The lowest BCUT2D eigenvalue weighted by molar-refractivity contribution is -0.142. The summed E-state index contributed by atoms with van der Waals surface area (Å²) < 4.78 is 26.1. The Morgan fingerprint density at radius 1 is 1.05 bits per heavy atom. The van der Waals surface area contributed by atoms with E-state index < -0.39 is 22.0 Å². The number of hydrogen-bond acceptors (Lipinski definition) is 3. The molecular formula is C13H23NO4S. The van der Waals surface area contributed by atoms with Gasteiger partial charge >= 0.3 is 5.97 Å². The molecule has 1 aliphatic heterocycles. The molecule has 1 aliphatic carbocycles. The summed E-state index contributed by atoms with van der Waals surface area (Å²) in [6.07, 6.45) is 7.33. The van der Waals surface area contributed by atoms with Crippen LogP contribution in [0.1, 0.15) is 51.4 Å². The molecule has 1 N–H and O–H groups in total. The molecule has 1 saturated carbocycles. The van der Waals surface area contributed by atoms with E-state index >= 15 is 0 Å². The average molecular weight is 289 g/mol. The summed E-state index contributed by atoms with van der Waals surface area (Å²) in [5.74, 6) is -0.654. The Kier molecular flexibility index (Phi) is 4.84. The Morgan fingerprint density at radius 2 is 1.68 bits per heavy atom. The van der Waals surface area contributed by atoms with Gasteiger partial charge in [-0.3, -0.25) is 4.79 Å². The topological polar surface area (TPSA) is 74.7 Å². The van der Waals surface area contributed by atoms with Crippen molar-refractivity contribution >= 4 is 16.0 Å². The van der Waals surface area contributed by atoms with Crippen LogP contribution in [0.4, 0.5) is 0 Å². The minimum atomic E-state index is -3.42. The van der Waals surface area contributed by atoms with Gasteiger partial charge in [0, 0.05) is 6.54 Å². The summed E-state index contributed by atoms with van der Waals surface area (Å²) in [6, 6.07) is -0.845. The fraction of sp³-hybridized carbons (Fsp3) is 0.923. The molecule has 6 heteroatoms. The van der Waals surface area contributed by atoms with Gasteiger partial charge in [0.25, 0.3) is 0 Å². The zero-order valence-electron chi connectivity index (χ0n) is 11.3. The molecule has 0 aromatic rings. The molecule has 0 aromatic heterocycles. The second-order valence-corrected chi connectivity index (χ2v) is 7.71. The third kappa shape index (κ3) is 3.69. The quantitative estimate of drug-likeness (QED) is 0.857. The van der Waals surface area contributed by atoms with Crippen LogP contribution in [0.3, 0.4) is 0 Å². The molecule has 0 radical (unpaired) electrons. The minimum absolute atomic E-state index is 0.136. The summed E-state index contributed by atoms with van der Waals surface area (Å²) in [7, 11) is -3.42. The lowest BCUT2D eigenvalue weighted by atomic mass is 9.91. The van der Waals surface area contributed by atoms with Crippen molar-refractivity contribution in [1.82, 2.24) is 4.31 Å².